The highest BCUT2D eigenvalue weighted by Crippen LogP contribution is 2.13. The van der Waals surface area contributed by atoms with Gasteiger partial charge in [-0.05, 0) is 24.3 Å². The molecule has 1 amide bonds. The van der Waals surface area contributed by atoms with Crippen molar-refractivity contribution < 1.29 is 4.79 Å². The molecule has 3 rings (SSSR count). The van der Waals surface area contributed by atoms with Gasteiger partial charge in [-0.3, -0.25) is 19.4 Å². The van der Waals surface area contributed by atoms with Crippen molar-refractivity contribution in [2.24, 2.45) is 0 Å². The highest BCUT2D eigenvalue weighted by molar-refractivity contribution is 5.91. The first-order chi connectivity index (χ1) is 11.1. The third-order valence-electron chi connectivity index (χ3n) is 3.35. The molecule has 0 radical (unpaired) electrons. The van der Waals surface area contributed by atoms with Crippen LogP contribution in [0.25, 0.3) is 10.9 Å². The highest BCUT2D eigenvalue weighted by atomic mass is 16.2. The number of para-hydroxylation sites is 2. The molecule has 23 heavy (non-hydrogen) atoms. The Morgan fingerprint density at radius 1 is 1.00 bits per heavy atom. The second kappa shape index (κ2) is 5.84. The normalized spacial score (nSPS) is 10.5. The minimum Gasteiger partial charge on any atom is -0.273 e. The molecular weight excluding hydrogens is 294 g/mol. The number of anilines is 1. The summed E-state index contributed by atoms with van der Waals surface area (Å²) in [5.41, 5.74) is -0.452. The molecule has 6 heteroatoms. The summed E-state index contributed by atoms with van der Waals surface area (Å²) in [5.74, 6) is -0.453. The summed E-state index contributed by atoms with van der Waals surface area (Å²) in [6.45, 7) is 1.29. The molecule has 0 saturated carbocycles. The van der Waals surface area contributed by atoms with E-state index in [2.05, 4.69) is 4.98 Å². The largest absolute Gasteiger partial charge is 0.291 e. The molecule has 0 unspecified atom stereocenters. The lowest BCUT2D eigenvalue weighted by Crippen LogP contribution is -2.47. The Kier molecular flexibility index (Phi) is 3.72. The predicted molar refractivity (Wildman–Crippen MR) is 87.3 cm³/mol. The van der Waals surface area contributed by atoms with Crippen molar-refractivity contribution in [1.82, 2.24) is 9.66 Å². The Morgan fingerprint density at radius 3 is 2.35 bits per heavy atom. The fourth-order valence-electron chi connectivity index (χ4n) is 2.36. The number of carbonyl (C=O) groups is 1. The lowest BCUT2D eigenvalue weighted by Gasteiger charge is -2.21. The van der Waals surface area contributed by atoms with E-state index in [0.717, 1.165) is 15.9 Å². The molecule has 0 aliphatic heterocycles. The summed E-state index contributed by atoms with van der Waals surface area (Å²) in [4.78, 5) is 41.3. The quantitative estimate of drug-likeness (QED) is 0.720. The van der Waals surface area contributed by atoms with Crippen LogP contribution in [-0.2, 0) is 4.79 Å². The zero-order chi connectivity index (χ0) is 16.4. The van der Waals surface area contributed by atoms with Gasteiger partial charge in [-0.25, -0.2) is 5.01 Å². The number of rotatable bonds is 2. The molecule has 0 saturated heterocycles. The van der Waals surface area contributed by atoms with Gasteiger partial charge in [-0.2, -0.15) is 4.68 Å². The van der Waals surface area contributed by atoms with Gasteiger partial charge >= 0.3 is 0 Å². The molecule has 1 aromatic heterocycles. The second-order valence-electron chi connectivity index (χ2n) is 4.90. The number of fused-ring (bicyclic) bond motifs is 1. The van der Waals surface area contributed by atoms with Gasteiger partial charge in [0.25, 0.3) is 11.1 Å². The summed E-state index contributed by atoms with van der Waals surface area (Å²) in [6, 6.07) is 15.1. The maximum atomic E-state index is 12.8. The molecule has 3 aromatic rings. The summed E-state index contributed by atoms with van der Waals surface area (Å²) < 4.78 is 0.812. The van der Waals surface area contributed by atoms with Crippen molar-refractivity contribution >= 4 is 22.5 Å². The molecule has 0 fully saturated rings. The van der Waals surface area contributed by atoms with E-state index in [1.165, 1.54) is 6.92 Å². The molecule has 0 spiro atoms. The number of aromatic nitrogens is 2. The first-order valence-corrected chi connectivity index (χ1v) is 6.97. The highest BCUT2D eigenvalue weighted by Gasteiger charge is 2.18. The molecule has 0 aliphatic carbocycles. The van der Waals surface area contributed by atoms with Crippen LogP contribution < -0.4 is 16.1 Å². The first kappa shape index (κ1) is 14.6. The lowest BCUT2D eigenvalue weighted by molar-refractivity contribution is -0.117. The van der Waals surface area contributed by atoms with Crippen LogP contribution in [0, 0.1) is 0 Å². The topological polar surface area (TPSA) is 72.3 Å². The van der Waals surface area contributed by atoms with Crippen LogP contribution in [0.3, 0.4) is 0 Å². The van der Waals surface area contributed by atoms with Gasteiger partial charge in [0, 0.05) is 6.92 Å². The molecule has 2 aromatic carbocycles. The van der Waals surface area contributed by atoms with Crippen LogP contribution in [0.1, 0.15) is 6.92 Å². The van der Waals surface area contributed by atoms with Gasteiger partial charge in [0.15, 0.2) is 0 Å². The predicted octanol–water partition coefficient (Wildman–Crippen LogP) is 1.57. The average molecular weight is 307 g/mol. The maximum absolute atomic E-state index is 12.8. The van der Waals surface area contributed by atoms with Crippen LogP contribution >= 0.6 is 0 Å². The Morgan fingerprint density at radius 2 is 1.65 bits per heavy atom. The molecule has 0 bridgehead atoms. The molecule has 0 aliphatic rings. The van der Waals surface area contributed by atoms with Gasteiger partial charge in [0.05, 0.1) is 22.8 Å². The van der Waals surface area contributed by atoms with E-state index in [1.807, 2.05) is 0 Å². The number of hydrogen-bond acceptors (Lipinski definition) is 4. The fourth-order valence-corrected chi connectivity index (χ4v) is 2.36. The van der Waals surface area contributed by atoms with Crippen LogP contribution in [0.4, 0.5) is 5.69 Å². The molecular formula is C17H13N3O3. The van der Waals surface area contributed by atoms with E-state index >= 15 is 0 Å². The third-order valence-corrected chi connectivity index (χ3v) is 3.35. The Hall–Kier alpha value is -3.28. The van der Waals surface area contributed by atoms with Crippen molar-refractivity contribution in [3.63, 3.8) is 0 Å². The van der Waals surface area contributed by atoms with Crippen molar-refractivity contribution in [3.8, 4) is 0 Å². The number of amides is 1. The van der Waals surface area contributed by atoms with Crippen molar-refractivity contribution in [3.05, 3.63) is 81.5 Å². The van der Waals surface area contributed by atoms with E-state index in [-0.39, 0.29) is 5.39 Å². The van der Waals surface area contributed by atoms with Crippen LogP contribution in [0.5, 0.6) is 0 Å². The number of nitrogens with zero attached hydrogens (tertiary/aromatic N) is 3. The fraction of sp³-hybridized carbons (Fsp3) is 0.0588. The minimum absolute atomic E-state index is 0.261. The standard InChI is InChI=1S/C17H13N3O3/c1-12(21)19(13-7-3-2-4-8-13)20-16(22)11-18-15-10-6-5-9-14(15)17(20)23/h2-11H,1H3. The Bertz CT molecular complexity index is 997. The van der Waals surface area contributed by atoms with E-state index in [9.17, 15) is 14.4 Å². The number of benzene rings is 2. The monoisotopic (exact) mass is 307 g/mol. The van der Waals surface area contributed by atoms with Crippen LogP contribution in [0.2, 0.25) is 0 Å². The van der Waals surface area contributed by atoms with Gasteiger partial charge in [0.1, 0.15) is 0 Å². The zero-order valence-electron chi connectivity index (χ0n) is 12.3. The summed E-state index contributed by atoms with van der Waals surface area (Å²) >= 11 is 0. The molecule has 6 nitrogen and oxygen atoms in total. The number of hydrogen-bond donors (Lipinski definition) is 0. The maximum Gasteiger partial charge on any atom is 0.291 e. The first-order valence-electron chi connectivity index (χ1n) is 6.97. The minimum atomic E-state index is -0.676. The molecule has 0 atom stereocenters. The molecule has 0 N–H and O–H groups in total. The lowest BCUT2D eigenvalue weighted by atomic mass is 10.2. The van der Waals surface area contributed by atoms with E-state index in [0.29, 0.717) is 11.2 Å². The van der Waals surface area contributed by atoms with Gasteiger partial charge in [-0.15, -0.1) is 0 Å². The second-order valence-corrected chi connectivity index (χ2v) is 4.90. The van der Waals surface area contributed by atoms with E-state index in [4.69, 9.17) is 0 Å². The summed E-state index contributed by atoms with van der Waals surface area (Å²) in [6.07, 6.45) is 1.04. The van der Waals surface area contributed by atoms with Gasteiger partial charge in [-0.1, -0.05) is 30.3 Å². The SMILES string of the molecule is CC(=O)N(c1ccccc1)n1c(=O)cnc2ccccc2c1=O. The molecule has 114 valence electrons. The van der Waals surface area contributed by atoms with Crippen molar-refractivity contribution in [1.29, 1.82) is 0 Å². The van der Waals surface area contributed by atoms with Gasteiger partial charge < -0.3 is 0 Å². The number of carbonyl (C=O) groups excluding carboxylic acids is 1. The van der Waals surface area contributed by atoms with E-state index in [1.54, 1.807) is 54.6 Å². The third kappa shape index (κ3) is 2.62. The average Bonchev–Trinajstić information content (AvgIpc) is 2.68. The van der Waals surface area contributed by atoms with Crippen molar-refractivity contribution in [2.45, 2.75) is 6.92 Å². The zero-order valence-corrected chi connectivity index (χ0v) is 12.3. The molecule has 1 heterocycles. The van der Waals surface area contributed by atoms with Crippen LogP contribution in [-0.4, -0.2) is 15.6 Å². The van der Waals surface area contributed by atoms with Gasteiger partial charge in [0.2, 0.25) is 5.91 Å². The summed E-state index contributed by atoms with van der Waals surface area (Å²) in [5, 5.41) is 1.32. The van der Waals surface area contributed by atoms with Crippen molar-refractivity contribution in [2.75, 3.05) is 5.01 Å². The van der Waals surface area contributed by atoms with Crippen LogP contribution in [0.15, 0.2) is 70.4 Å². The Balaban J connectivity index is 2.41. The summed E-state index contributed by atoms with van der Waals surface area (Å²) in [7, 11) is 0. The smallest absolute Gasteiger partial charge is 0.273 e. The Labute approximate surface area is 131 Å². The van der Waals surface area contributed by atoms with E-state index < -0.39 is 17.0 Å².